The predicted molar refractivity (Wildman–Crippen MR) is 90.2 cm³/mol. The molecule has 0 spiro atoms. The normalized spacial score (nSPS) is 10.6. The third-order valence-electron chi connectivity index (χ3n) is 3.25. The lowest BCUT2D eigenvalue weighted by atomic mass is 10.1. The van der Waals surface area contributed by atoms with E-state index < -0.39 is 0 Å². The number of carbonyl (C=O) groups excluding carboxylic acids is 2. The van der Waals surface area contributed by atoms with Crippen molar-refractivity contribution in [2.24, 2.45) is 0 Å². The second kappa shape index (κ2) is 8.75. The Labute approximate surface area is 139 Å². The number of likely N-dealkylation sites (N-methyl/N-ethyl adjacent to an activating group) is 1. The molecular weight excluding hydrogens is 350 g/mol. The van der Waals surface area contributed by atoms with Crippen LogP contribution in [0.2, 0.25) is 0 Å². The lowest BCUT2D eigenvalue weighted by molar-refractivity contribution is -0.114. The summed E-state index contributed by atoms with van der Waals surface area (Å²) in [4.78, 5) is 25.4. The summed E-state index contributed by atoms with van der Waals surface area (Å²) < 4.78 is 0.536. The minimum Gasteiger partial charge on any atom is -0.507 e. The largest absolute Gasteiger partial charge is 0.507 e. The van der Waals surface area contributed by atoms with Crippen molar-refractivity contribution in [3.8, 4) is 5.75 Å². The number of phenolic OH excluding ortho intramolecular Hbond substituents is 1. The van der Waals surface area contributed by atoms with E-state index >= 15 is 0 Å². The SMILES string of the molecule is CCN(CC)CCNC(=O)c1cc(Br)c(NC(C)=O)cc1O. The first-order valence-corrected chi connectivity index (χ1v) is 7.98. The lowest BCUT2D eigenvalue weighted by Crippen LogP contribution is -2.34. The van der Waals surface area contributed by atoms with Crippen LogP contribution < -0.4 is 10.6 Å². The van der Waals surface area contributed by atoms with Crippen molar-refractivity contribution in [2.75, 3.05) is 31.5 Å². The average Bonchev–Trinajstić information content (AvgIpc) is 2.46. The van der Waals surface area contributed by atoms with E-state index in [2.05, 4.69) is 45.3 Å². The highest BCUT2D eigenvalue weighted by Gasteiger charge is 2.15. The quantitative estimate of drug-likeness (QED) is 0.685. The number of phenols is 1. The number of hydrogen-bond donors (Lipinski definition) is 3. The molecule has 0 fully saturated rings. The number of hydrogen-bond acceptors (Lipinski definition) is 4. The maximum Gasteiger partial charge on any atom is 0.255 e. The Hall–Kier alpha value is -1.60. The van der Waals surface area contributed by atoms with Crippen molar-refractivity contribution in [3.63, 3.8) is 0 Å². The Kier molecular flexibility index (Phi) is 7.34. The summed E-state index contributed by atoms with van der Waals surface area (Å²) in [5.41, 5.74) is 0.588. The number of aromatic hydroxyl groups is 1. The van der Waals surface area contributed by atoms with E-state index in [1.165, 1.54) is 19.1 Å². The minimum atomic E-state index is -0.347. The average molecular weight is 372 g/mol. The van der Waals surface area contributed by atoms with Crippen LogP contribution in [0.5, 0.6) is 5.75 Å². The van der Waals surface area contributed by atoms with Crippen molar-refractivity contribution in [1.82, 2.24) is 10.2 Å². The third kappa shape index (κ3) is 5.31. The summed E-state index contributed by atoms with van der Waals surface area (Å²) in [6.45, 7) is 8.61. The van der Waals surface area contributed by atoms with Crippen molar-refractivity contribution >= 4 is 33.4 Å². The molecule has 0 radical (unpaired) electrons. The van der Waals surface area contributed by atoms with Gasteiger partial charge in [-0.25, -0.2) is 0 Å². The van der Waals surface area contributed by atoms with Gasteiger partial charge in [-0.05, 0) is 35.1 Å². The third-order valence-corrected chi connectivity index (χ3v) is 3.90. The van der Waals surface area contributed by atoms with Crippen molar-refractivity contribution in [3.05, 3.63) is 22.2 Å². The van der Waals surface area contributed by atoms with E-state index in [4.69, 9.17) is 0 Å². The van der Waals surface area contributed by atoms with Gasteiger partial charge in [-0.15, -0.1) is 0 Å². The van der Waals surface area contributed by atoms with Gasteiger partial charge in [0, 0.05) is 30.6 Å². The predicted octanol–water partition coefficient (Wildman–Crippen LogP) is 2.18. The molecule has 0 saturated carbocycles. The number of amides is 2. The van der Waals surface area contributed by atoms with E-state index in [9.17, 15) is 14.7 Å². The molecule has 122 valence electrons. The number of benzene rings is 1. The van der Waals surface area contributed by atoms with E-state index in [0.717, 1.165) is 19.6 Å². The molecule has 3 N–H and O–H groups in total. The maximum atomic E-state index is 12.1. The van der Waals surface area contributed by atoms with Crippen molar-refractivity contribution in [2.45, 2.75) is 20.8 Å². The number of rotatable bonds is 7. The zero-order valence-corrected chi connectivity index (χ0v) is 14.7. The van der Waals surface area contributed by atoms with Crippen LogP contribution in [0.25, 0.3) is 0 Å². The van der Waals surface area contributed by atoms with Gasteiger partial charge in [-0.1, -0.05) is 13.8 Å². The fourth-order valence-electron chi connectivity index (χ4n) is 1.99. The van der Waals surface area contributed by atoms with Crippen LogP contribution in [0, 0.1) is 0 Å². The number of nitrogens with zero attached hydrogens (tertiary/aromatic N) is 1. The van der Waals surface area contributed by atoms with E-state index in [-0.39, 0.29) is 23.1 Å². The number of carbonyl (C=O) groups is 2. The zero-order valence-electron chi connectivity index (χ0n) is 13.1. The van der Waals surface area contributed by atoms with Gasteiger partial charge in [-0.3, -0.25) is 9.59 Å². The molecule has 0 aliphatic carbocycles. The lowest BCUT2D eigenvalue weighted by Gasteiger charge is -2.18. The molecule has 0 bridgehead atoms. The molecule has 0 aliphatic rings. The Morgan fingerprint density at radius 3 is 2.45 bits per heavy atom. The Balaban J connectivity index is 2.73. The Morgan fingerprint density at radius 2 is 1.91 bits per heavy atom. The topological polar surface area (TPSA) is 81.7 Å². The van der Waals surface area contributed by atoms with Gasteiger partial charge in [0.25, 0.3) is 5.91 Å². The van der Waals surface area contributed by atoms with Gasteiger partial charge < -0.3 is 20.6 Å². The highest BCUT2D eigenvalue weighted by atomic mass is 79.9. The van der Waals surface area contributed by atoms with Gasteiger partial charge in [0.05, 0.1) is 11.3 Å². The van der Waals surface area contributed by atoms with Gasteiger partial charge in [0.15, 0.2) is 0 Å². The molecule has 1 rings (SSSR count). The second-order valence-corrected chi connectivity index (χ2v) is 5.67. The van der Waals surface area contributed by atoms with Crippen LogP contribution in [0.1, 0.15) is 31.1 Å². The fraction of sp³-hybridized carbons (Fsp3) is 0.467. The standard InChI is InChI=1S/C15H22BrN3O3/c1-4-19(5-2)7-6-17-15(22)11-8-12(16)13(9-14(11)21)18-10(3)20/h8-9,21H,4-7H2,1-3H3,(H,17,22)(H,18,20). The Morgan fingerprint density at radius 1 is 1.27 bits per heavy atom. The van der Waals surface area contributed by atoms with Crippen LogP contribution in [0.3, 0.4) is 0 Å². The van der Waals surface area contributed by atoms with E-state index in [1.54, 1.807) is 0 Å². The number of nitrogens with one attached hydrogen (secondary N) is 2. The van der Waals surface area contributed by atoms with Crippen molar-refractivity contribution < 1.29 is 14.7 Å². The molecule has 0 saturated heterocycles. The highest BCUT2D eigenvalue weighted by molar-refractivity contribution is 9.10. The number of halogens is 1. The highest BCUT2D eigenvalue weighted by Crippen LogP contribution is 2.30. The summed E-state index contributed by atoms with van der Waals surface area (Å²) in [6.07, 6.45) is 0. The molecule has 6 nitrogen and oxygen atoms in total. The molecular formula is C15H22BrN3O3. The molecule has 22 heavy (non-hydrogen) atoms. The first kappa shape index (κ1) is 18.4. The monoisotopic (exact) mass is 371 g/mol. The molecule has 0 aromatic heterocycles. The van der Waals surface area contributed by atoms with Crippen LogP contribution in [-0.2, 0) is 4.79 Å². The first-order chi connectivity index (χ1) is 10.4. The molecule has 0 unspecified atom stereocenters. The second-order valence-electron chi connectivity index (χ2n) is 4.81. The van der Waals surface area contributed by atoms with Gasteiger partial charge >= 0.3 is 0 Å². The molecule has 1 aromatic carbocycles. The van der Waals surface area contributed by atoms with E-state index in [0.29, 0.717) is 16.7 Å². The zero-order chi connectivity index (χ0) is 16.7. The summed E-state index contributed by atoms with van der Waals surface area (Å²) in [6, 6.07) is 2.85. The summed E-state index contributed by atoms with van der Waals surface area (Å²) in [7, 11) is 0. The number of anilines is 1. The van der Waals surface area contributed by atoms with Crippen LogP contribution in [0.15, 0.2) is 16.6 Å². The van der Waals surface area contributed by atoms with E-state index in [1.807, 2.05) is 0 Å². The maximum absolute atomic E-state index is 12.1. The molecule has 7 heteroatoms. The molecule has 0 aliphatic heterocycles. The minimum absolute atomic E-state index is 0.167. The molecule has 1 aromatic rings. The molecule has 0 heterocycles. The molecule has 2 amide bonds. The summed E-state index contributed by atoms with van der Waals surface area (Å²) in [5, 5.41) is 15.3. The van der Waals surface area contributed by atoms with Crippen LogP contribution in [0.4, 0.5) is 5.69 Å². The summed E-state index contributed by atoms with van der Waals surface area (Å²) >= 11 is 3.28. The van der Waals surface area contributed by atoms with Crippen LogP contribution in [-0.4, -0.2) is 48.0 Å². The molecule has 0 atom stereocenters. The van der Waals surface area contributed by atoms with Gasteiger partial charge in [0.1, 0.15) is 5.75 Å². The summed E-state index contributed by atoms with van der Waals surface area (Å²) in [5.74, 6) is -0.774. The Bertz CT molecular complexity index is 545. The van der Waals surface area contributed by atoms with Crippen LogP contribution >= 0.6 is 15.9 Å². The fourth-order valence-corrected chi connectivity index (χ4v) is 2.43. The first-order valence-electron chi connectivity index (χ1n) is 7.19. The van der Waals surface area contributed by atoms with Crippen molar-refractivity contribution in [1.29, 1.82) is 0 Å². The van der Waals surface area contributed by atoms with Gasteiger partial charge in [-0.2, -0.15) is 0 Å². The van der Waals surface area contributed by atoms with Gasteiger partial charge in [0.2, 0.25) is 5.91 Å². The smallest absolute Gasteiger partial charge is 0.255 e.